The minimum atomic E-state index is -0.259. The molecule has 0 unspecified atom stereocenters. The second-order valence-electron chi connectivity index (χ2n) is 7.56. The highest BCUT2D eigenvalue weighted by molar-refractivity contribution is 5.71. The maximum absolute atomic E-state index is 12.3. The summed E-state index contributed by atoms with van der Waals surface area (Å²) < 4.78 is 11.5. The molecule has 3 heteroatoms. The van der Waals surface area contributed by atoms with Gasteiger partial charge in [0.1, 0.15) is 11.4 Å². The highest BCUT2D eigenvalue weighted by atomic mass is 16.6. The topological polar surface area (TPSA) is 35.5 Å². The van der Waals surface area contributed by atoms with Crippen molar-refractivity contribution >= 4 is 5.97 Å². The highest BCUT2D eigenvalue weighted by Gasteiger charge is 2.57. The molecule has 5 rings (SSSR count). The van der Waals surface area contributed by atoms with E-state index in [2.05, 4.69) is 6.92 Å². The fourth-order valence-electron chi connectivity index (χ4n) is 5.22. The van der Waals surface area contributed by atoms with Gasteiger partial charge in [0.15, 0.2) is 6.61 Å². The second-order valence-corrected chi connectivity index (χ2v) is 7.56. The SMILES string of the molecule is CC1(OC(=O)COc2ccccc2)C2CC3CC(C2)CC1C3. The minimum Gasteiger partial charge on any atom is -0.482 e. The molecule has 0 amide bonds. The Morgan fingerprint density at radius 3 is 2.23 bits per heavy atom. The van der Waals surface area contributed by atoms with Crippen LogP contribution in [0.1, 0.15) is 39.0 Å². The lowest BCUT2D eigenvalue weighted by atomic mass is 9.50. The molecule has 118 valence electrons. The molecule has 4 aliphatic rings. The van der Waals surface area contributed by atoms with Crippen molar-refractivity contribution in [3.8, 4) is 5.75 Å². The van der Waals surface area contributed by atoms with Gasteiger partial charge in [-0.2, -0.15) is 0 Å². The number of para-hydroxylation sites is 1. The number of rotatable bonds is 4. The Bertz CT molecular complexity index is 523. The molecule has 4 aliphatic carbocycles. The third-order valence-corrected chi connectivity index (χ3v) is 6.19. The van der Waals surface area contributed by atoms with Crippen LogP contribution in [-0.4, -0.2) is 18.2 Å². The normalized spacial score (nSPS) is 38.8. The molecule has 0 saturated heterocycles. The van der Waals surface area contributed by atoms with Crippen LogP contribution in [0.4, 0.5) is 0 Å². The zero-order chi connectivity index (χ0) is 15.2. The number of esters is 1. The number of hydrogen-bond acceptors (Lipinski definition) is 3. The largest absolute Gasteiger partial charge is 0.482 e. The third kappa shape index (κ3) is 2.41. The van der Waals surface area contributed by atoms with Crippen LogP contribution in [0.5, 0.6) is 5.75 Å². The summed E-state index contributed by atoms with van der Waals surface area (Å²) in [6.07, 6.45) is 6.40. The third-order valence-electron chi connectivity index (χ3n) is 6.19. The molecule has 0 heterocycles. The number of carbonyl (C=O) groups excluding carboxylic acids is 1. The van der Waals surface area contributed by atoms with Crippen LogP contribution in [0.3, 0.4) is 0 Å². The van der Waals surface area contributed by atoms with E-state index in [0.717, 1.165) is 17.6 Å². The maximum Gasteiger partial charge on any atom is 0.344 e. The van der Waals surface area contributed by atoms with Crippen LogP contribution >= 0.6 is 0 Å². The van der Waals surface area contributed by atoms with Gasteiger partial charge < -0.3 is 9.47 Å². The molecular formula is C19H24O3. The van der Waals surface area contributed by atoms with E-state index in [0.29, 0.717) is 11.8 Å². The lowest BCUT2D eigenvalue weighted by molar-refractivity contribution is -0.204. The van der Waals surface area contributed by atoms with Crippen molar-refractivity contribution in [2.24, 2.45) is 23.7 Å². The van der Waals surface area contributed by atoms with E-state index in [9.17, 15) is 4.79 Å². The lowest BCUT2D eigenvalue weighted by Crippen LogP contribution is -2.58. The molecule has 1 aromatic carbocycles. The van der Waals surface area contributed by atoms with Crippen molar-refractivity contribution in [2.75, 3.05) is 6.61 Å². The fourth-order valence-corrected chi connectivity index (χ4v) is 5.22. The van der Waals surface area contributed by atoms with Crippen LogP contribution in [-0.2, 0) is 9.53 Å². The molecule has 0 radical (unpaired) electrons. The Morgan fingerprint density at radius 1 is 1.05 bits per heavy atom. The Hall–Kier alpha value is -1.51. The van der Waals surface area contributed by atoms with Gasteiger partial charge in [-0.25, -0.2) is 4.79 Å². The van der Waals surface area contributed by atoms with Crippen molar-refractivity contribution in [2.45, 2.75) is 44.6 Å². The van der Waals surface area contributed by atoms with Crippen LogP contribution in [0.15, 0.2) is 30.3 Å². The summed E-state index contributed by atoms with van der Waals surface area (Å²) in [5, 5.41) is 0. The average molecular weight is 300 g/mol. The summed E-state index contributed by atoms with van der Waals surface area (Å²) in [4.78, 5) is 12.3. The zero-order valence-electron chi connectivity index (χ0n) is 13.2. The van der Waals surface area contributed by atoms with Gasteiger partial charge in [0.05, 0.1) is 0 Å². The molecule has 4 saturated carbocycles. The Kier molecular flexibility index (Phi) is 3.39. The van der Waals surface area contributed by atoms with E-state index in [1.54, 1.807) is 0 Å². The smallest absolute Gasteiger partial charge is 0.344 e. The van der Waals surface area contributed by atoms with Crippen LogP contribution in [0.25, 0.3) is 0 Å². The molecule has 0 atom stereocenters. The number of benzene rings is 1. The summed E-state index contributed by atoms with van der Waals surface area (Å²) in [5.41, 5.74) is -0.259. The summed E-state index contributed by atoms with van der Waals surface area (Å²) >= 11 is 0. The molecule has 22 heavy (non-hydrogen) atoms. The first-order valence-corrected chi connectivity index (χ1v) is 8.53. The average Bonchev–Trinajstić information content (AvgIpc) is 2.51. The lowest BCUT2D eigenvalue weighted by Gasteiger charge is -2.59. The Balaban J connectivity index is 1.39. The molecule has 0 N–H and O–H groups in total. The van der Waals surface area contributed by atoms with Crippen LogP contribution in [0, 0.1) is 23.7 Å². The van der Waals surface area contributed by atoms with Crippen molar-refractivity contribution in [3.05, 3.63) is 30.3 Å². The first-order valence-electron chi connectivity index (χ1n) is 8.53. The van der Waals surface area contributed by atoms with Gasteiger partial charge in [-0.05, 0) is 74.8 Å². The van der Waals surface area contributed by atoms with E-state index in [4.69, 9.17) is 9.47 Å². The molecule has 4 fully saturated rings. The standard InChI is InChI=1S/C19H24O3/c1-19(15-8-13-7-14(10-15)11-16(19)9-13)22-18(20)12-21-17-5-3-2-4-6-17/h2-6,13-16H,7-12H2,1H3. The minimum absolute atomic E-state index is 0.00585. The van der Waals surface area contributed by atoms with Crippen molar-refractivity contribution in [1.82, 2.24) is 0 Å². The van der Waals surface area contributed by atoms with Gasteiger partial charge in [0.2, 0.25) is 0 Å². The van der Waals surface area contributed by atoms with Gasteiger partial charge in [-0.15, -0.1) is 0 Å². The maximum atomic E-state index is 12.3. The summed E-state index contributed by atoms with van der Waals surface area (Å²) in [5.74, 6) is 3.38. The van der Waals surface area contributed by atoms with E-state index in [-0.39, 0.29) is 18.2 Å². The number of ether oxygens (including phenoxy) is 2. The molecule has 0 aliphatic heterocycles. The molecule has 1 aromatic rings. The van der Waals surface area contributed by atoms with E-state index in [1.807, 2.05) is 30.3 Å². The van der Waals surface area contributed by atoms with Gasteiger partial charge in [-0.1, -0.05) is 18.2 Å². The first-order chi connectivity index (χ1) is 10.6. The first kappa shape index (κ1) is 14.1. The van der Waals surface area contributed by atoms with Gasteiger partial charge in [-0.3, -0.25) is 0 Å². The summed E-state index contributed by atoms with van der Waals surface area (Å²) in [7, 11) is 0. The number of carbonyl (C=O) groups is 1. The molecule has 0 spiro atoms. The fraction of sp³-hybridized carbons (Fsp3) is 0.632. The molecular weight excluding hydrogens is 276 g/mol. The van der Waals surface area contributed by atoms with Gasteiger partial charge >= 0.3 is 5.97 Å². The van der Waals surface area contributed by atoms with Crippen LogP contribution < -0.4 is 4.74 Å². The van der Waals surface area contributed by atoms with Gasteiger partial charge in [0.25, 0.3) is 0 Å². The Morgan fingerprint density at radius 2 is 1.64 bits per heavy atom. The van der Waals surface area contributed by atoms with E-state index < -0.39 is 0 Å². The highest BCUT2D eigenvalue weighted by Crippen LogP contribution is 2.59. The van der Waals surface area contributed by atoms with Crippen molar-refractivity contribution in [1.29, 1.82) is 0 Å². The molecule has 3 nitrogen and oxygen atoms in total. The van der Waals surface area contributed by atoms with E-state index >= 15 is 0 Å². The molecule has 0 aromatic heterocycles. The van der Waals surface area contributed by atoms with Crippen molar-refractivity contribution < 1.29 is 14.3 Å². The van der Waals surface area contributed by atoms with E-state index in [1.165, 1.54) is 32.1 Å². The summed E-state index contributed by atoms with van der Waals surface area (Å²) in [6, 6.07) is 9.45. The second kappa shape index (κ2) is 5.29. The number of hydrogen-bond donors (Lipinski definition) is 0. The zero-order valence-corrected chi connectivity index (χ0v) is 13.2. The van der Waals surface area contributed by atoms with Crippen LogP contribution in [0.2, 0.25) is 0 Å². The van der Waals surface area contributed by atoms with Crippen molar-refractivity contribution in [3.63, 3.8) is 0 Å². The monoisotopic (exact) mass is 300 g/mol. The quantitative estimate of drug-likeness (QED) is 0.793. The predicted octanol–water partition coefficient (Wildman–Crippen LogP) is 3.82. The Labute approximate surface area is 132 Å². The molecule has 4 bridgehead atoms. The summed E-state index contributed by atoms with van der Waals surface area (Å²) in [6.45, 7) is 2.17. The predicted molar refractivity (Wildman–Crippen MR) is 83.5 cm³/mol. The van der Waals surface area contributed by atoms with Gasteiger partial charge in [0, 0.05) is 0 Å².